The molecular formula is C11H23NO2. The third-order valence-corrected chi connectivity index (χ3v) is 3.15. The van der Waals surface area contributed by atoms with Gasteiger partial charge >= 0.3 is 0 Å². The Bertz CT molecular complexity index is 171. The fraction of sp³-hybridized carbons (Fsp3) is 1.00. The molecule has 0 aromatic rings. The Morgan fingerprint density at radius 1 is 1.50 bits per heavy atom. The summed E-state index contributed by atoms with van der Waals surface area (Å²) in [6, 6.07) is 0. The zero-order chi connectivity index (χ0) is 10.6. The second kappa shape index (κ2) is 5.10. The summed E-state index contributed by atoms with van der Waals surface area (Å²) in [7, 11) is 1.73. The maximum atomic E-state index is 9.60. The third-order valence-electron chi connectivity index (χ3n) is 3.15. The van der Waals surface area contributed by atoms with Gasteiger partial charge in [0.05, 0.1) is 6.10 Å². The average Bonchev–Trinajstić information content (AvgIpc) is 2.12. The summed E-state index contributed by atoms with van der Waals surface area (Å²) in [4.78, 5) is 2.38. The van der Waals surface area contributed by atoms with E-state index in [1.54, 1.807) is 7.11 Å². The maximum absolute atomic E-state index is 9.60. The van der Waals surface area contributed by atoms with Gasteiger partial charge in [-0.15, -0.1) is 0 Å². The SMILES string of the molecule is COCCCN1CC(O)CCC1(C)C. The largest absolute Gasteiger partial charge is 0.392 e. The van der Waals surface area contributed by atoms with Crippen molar-refractivity contribution in [1.29, 1.82) is 0 Å². The first-order valence-electron chi connectivity index (χ1n) is 5.48. The van der Waals surface area contributed by atoms with E-state index in [1.165, 1.54) is 0 Å². The fourth-order valence-corrected chi connectivity index (χ4v) is 2.06. The van der Waals surface area contributed by atoms with Crippen molar-refractivity contribution >= 4 is 0 Å². The van der Waals surface area contributed by atoms with Crippen molar-refractivity contribution in [2.24, 2.45) is 0 Å². The molecule has 1 fully saturated rings. The van der Waals surface area contributed by atoms with Gasteiger partial charge in [-0.2, -0.15) is 0 Å². The molecule has 1 N–H and O–H groups in total. The van der Waals surface area contributed by atoms with Gasteiger partial charge in [0.1, 0.15) is 0 Å². The van der Waals surface area contributed by atoms with Crippen molar-refractivity contribution in [2.75, 3.05) is 26.8 Å². The van der Waals surface area contributed by atoms with E-state index in [1.807, 2.05) is 0 Å². The molecule has 0 aromatic carbocycles. The van der Waals surface area contributed by atoms with E-state index in [0.717, 1.165) is 39.0 Å². The monoisotopic (exact) mass is 201 g/mol. The van der Waals surface area contributed by atoms with Crippen LogP contribution < -0.4 is 0 Å². The van der Waals surface area contributed by atoms with Crippen LogP contribution in [0.3, 0.4) is 0 Å². The number of hydrogen-bond acceptors (Lipinski definition) is 3. The lowest BCUT2D eigenvalue weighted by Gasteiger charge is -2.44. The van der Waals surface area contributed by atoms with Gasteiger partial charge in [-0.25, -0.2) is 0 Å². The first kappa shape index (κ1) is 12.0. The number of hydrogen-bond donors (Lipinski definition) is 1. The Morgan fingerprint density at radius 2 is 2.21 bits per heavy atom. The molecule has 14 heavy (non-hydrogen) atoms. The van der Waals surface area contributed by atoms with E-state index < -0.39 is 0 Å². The van der Waals surface area contributed by atoms with Crippen LogP contribution in [0.5, 0.6) is 0 Å². The van der Waals surface area contributed by atoms with Crippen molar-refractivity contribution in [3.8, 4) is 0 Å². The van der Waals surface area contributed by atoms with Crippen LogP contribution >= 0.6 is 0 Å². The van der Waals surface area contributed by atoms with Gasteiger partial charge in [0.25, 0.3) is 0 Å². The lowest BCUT2D eigenvalue weighted by atomic mass is 9.89. The molecule has 1 atom stereocenters. The summed E-state index contributed by atoms with van der Waals surface area (Å²) in [6.07, 6.45) is 2.94. The van der Waals surface area contributed by atoms with Crippen LogP contribution in [0, 0.1) is 0 Å². The molecule has 1 heterocycles. The molecule has 1 unspecified atom stereocenters. The fourth-order valence-electron chi connectivity index (χ4n) is 2.06. The summed E-state index contributed by atoms with van der Waals surface area (Å²) < 4.78 is 5.04. The van der Waals surface area contributed by atoms with Crippen LogP contribution in [0.15, 0.2) is 0 Å². The van der Waals surface area contributed by atoms with Gasteiger partial charge in [-0.1, -0.05) is 0 Å². The molecule has 84 valence electrons. The number of piperidine rings is 1. The van der Waals surface area contributed by atoms with Crippen LogP contribution in [0.25, 0.3) is 0 Å². The van der Waals surface area contributed by atoms with E-state index in [0.29, 0.717) is 0 Å². The summed E-state index contributed by atoms with van der Waals surface area (Å²) in [5.41, 5.74) is 0.243. The molecule has 0 amide bonds. The minimum Gasteiger partial charge on any atom is -0.392 e. The topological polar surface area (TPSA) is 32.7 Å². The molecule has 1 aliphatic heterocycles. The van der Waals surface area contributed by atoms with Gasteiger partial charge in [0.15, 0.2) is 0 Å². The molecular weight excluding hydrogens is 178 g/mol. The third kappa shape index (κ3) is 3.23. The molecule has 0 bridgehead atoms. The smallest absolute Gasteiger partial charge is 0.0668 e. The molecule has 1 saturated heterocycles. The summed E-state index contributed by atoms with van der Waals surface area (Å²) >= 11 is 0. The minimum absolute atomic E-state index is 0.134. The molecule has 3 heteroatoms. The molecule has 3 nitrogen and oxygen atoms in total. The van der Waals surface area contributed by atoms with E-state index in [2.05, 4.69) is 18.7 Å². The number of nitrogens with zero attached hydrogens (tertiary/aromatic N) is 1. The highest BCUT2D eigenvalue weighted by atomic mass is 16.5. The highest BCUT2D eigenvalue weighted by Gasteiger charge is 2.32. The number of methoxy groups -OCH3 is 1. The van der Waals surface area contributed by atoms with E-state index in [-0.39, 0.29) is 11.6 Å². The number of aliphatic hydroxyl groups excluding tert-OH is 1. The Hall–Kier alpha value is -0.120. The Morgan fingerprint density at radius 3 is 2.86 bits per heavy atom. The van der Waals surface area contributed by atoms with Gasteiger partial charge in [0.2, 0.25) is 0 Å². The van der Waals surface area contributed by atoms with Crippen molar-refractivity contribution < 1.29 is 9.84 Å². The van der Waals surface area contributed by atoms with Gasteiger partial charge < -0.3 is 9.84 Å². The second-order valence-electron chi connectivity index (χ2n) is 4.80. The van der Waals surface area contributed by atoms with Crippen molar-refractivity contribution in [3.63, 3.8) is 0 Å². The Balaban J connectivity index is 2.38. The number of β-amino-alcohol motifs (C(OH)–C–C–N with tert-alkyl or cyclic N) is 1. The van der Waals surface area contributed by atoms with Gasteiger partial charge in [-0.3, -0.25) is 4.90 Å². The molecule has 0 spiro atoms. The first-order chi connectivity index (χ1) is 6.56. The summed E-state index contributed by atoms with van der Waals surface area (Å²) in [6.45, 7) is 7.16. The second-order valence-corrected chi connectivity index (χ2v) is 4.80. The highest BCUT2D eigenvalue weighted by Crippen LogP contribution is 2.27. The first-order valence-corrected chi connectivity index (χ1v) is 5.48. The Kier molecular flexibility index (Phi) is 4.35. The van der Waals surface area contributed by atoms with Crippen LogP contribution in [0.4, 0.5) is 0 Å². The van der Waals surface area contributed by atoms with Crippen molar-refractivity contribution in [3.05, 3.63) is 0 Å². The lowest BCUT2D eigenvalue weighted by Crippen LogP contribution is -2.52. The number of likely N-dealkylation sites (tertiary alicyclic amines) is 1. The van der Waals surface area contributed by atoms with Crippen LogP contribution in [-0.2, 0) is 4.74 Å². The normalized spacial score (nSPS) is 27.9. The van der Waals surface area contributed by atoms with Gasteiger partial charge in [0, 0.05) is 32.3 Å². The van der Waals surface area contributed by atoms with Crippen LogP contribution in [0.1, 0.15) is 33.1 Å². The predicted octanol–water partition coefficient (Wildman–Crippen LogP) is 1.26. The molecule has 0 radical (unpaired) electrons. The summed E-state index contributed by atoms with van der Waals surface area (Å²) in [5.74, 6) is 0. The maximum Gasteiger partial charge on any atom is 0.0668 e. The quantitative estimate of drug-likeness (QED) is 0.695. The molecule has 1 rings (SSSR count). The zero-order valence-electron chi connectivity index (χ0n) is 9.62. The molecule has 1 aliphatic rings. The average molecular weight is 201 g/mol. The standard InChI is InChI=1S/C11H23NO2/c1-11(2)6-5-10(13)9-12(11)7-4-8-14-3/h10,13H,4-9H2,1-3H3. The van der Waals surface area contributed by atoms with Gasteiger partial charge in [-0.05, 0) is 33.1 Å². The lowest BCUT2D eigenvalue weighted by molar-refractivity contribution is -0.00802. The van der Waals surface area contributed by atoms with Crippen LogP contribution in [0.2, 0.25) is 0 Å². The molecule has 0 aromatic heterocycles. The number of aliphatic hydroxyl groups is 1. The molecule has 0 aliphatic carbocycles. The number of rotatable bonds is 4. The minimum atomic E-state index is -0.134. The van der Waals surface area contributed by atoms with E-state index >= 15 is 0 Å². The van der Waals surface area contributed by atoms with E-state index in [9.17, 15) is 5.11 Å². The van der Waals surface area contributed by atoms with Crippen molar-refractivity contribution in [1.82, 2.24) is 4.90 Å². The Labute approximate surface area is 87.1 Å². The number of ether oxygens (including phenoxy) is 1. The molecule has 0 saturated carbocycles. The predicted molar refractivity (Wildman–Crippen MR) is 57.4 cm³/mol. The summed E-state index contributed by atoms with van der Waals surface area (Å²) in [5, 5.41) is 9.60. The van der Waals surface area contributed by atoms with Crippen molar-refractivity contribution in [2.45, 2.75) is 44.8 Å². The zero-order valence-corrected chi connectivity index (χ0v) is 9.62. The highest BCUT2D eigenvalue weighted by molar-refractivity contribution is 4.88. The van der Waals surface area contributed by atoms with Crippen LogP contribution in [-0.4, -0.2) is 48.5 Å². The van der Waals surface area contributed by atoms with E-state index in [4.69, 9.17) is 4.74 Å².